The van der Waals surface area contributed by atoms with Crippen LogP contribution in [0, 0.1) is 11.3 Å². The number of nitriles is 1. The maximum absolute atomic E-state index is 12.5. The Hall–Kier alpha value is -3.03. The average molecular weight is 454 g/mol. The zero-order valence-corrected chi connectivity index (χ0v) is 18.4. The van der Waals surface area contributed by atoms with Gasteiger partial charge in [0.15, 0.2) is 28.6 Å². The highest BCUT2D eigenvalue weighted by atomic mass is 32.2. The van der Waals surface area contributed by atoms with Gasteiger partial charge in [-0.25, -0.2) is 0 Å². The molecule has 31 heavy (non-hydrogen) atoms. The van der Waals surface area contributed by atoms with E-state index in [0.717, 1.165) is 24.8 Å². The number of rotatable bonds is 5. The van der Waals surface area contributed by atoms with Gasteiger partial charge in [0.25, 0.3) is 0 Å². The first kappa shape index (κ1) is 19.9. The van der Waals surface area contributed by atoms with Crippen LogP contribution in [0.5, 0.6) is 11.5 Å². The molecule has 5 rings (SSSR count). The molecule has 1 amide bonds. The third-order valence-electron chi connectivity index (χ3n) is 5.28. The molecule has 1 N–H and O–H groups in total. The number of aromatic nitrogens is 3. The molecule has 0 bridgehead atoms. The van der Waals surface area contributed by atoms with Crippen molar-refractivity contribution in [3.63, 3.8) is 0 Å². The van der Waals surface area contributed by atoms with E-state index in [1.165, 1.54) is 28.0 Å². The lowest BCUT2D eigenvalue weighted by Crippen LogP contribution is -2.24. The number of para-hydroxylation sites is 2. The SMILES string of the molecule is Cn1c(SCC(=O)Nc2sc3c(c2C#N)CCC3)nnc1[C@H]1COc2ccccc2O1. The van der Waals surface area contributed by atoms with Crippen LogP contribution in [-0.4, -0.2) is 33.0 Å². The van der Waals surface area contributed by atoms with Crippen LogP contribution >= 0.6 is 23.1 Å². The van der Waals surface area contributed by atoms with Crippen LogP contribution in [0.2, 0.25) is 0 Å². The fourth-order valence-electron chi connectivity index (χ4n) is 3.78. The van der Waals surface area contributed by atoms with Gasteiger partial charge in [-0.05, 0) is 37.0 Å². The topological polar surface area (TPSA) is 102 Å². The maximum atomic E-state index is 12.5. The maximum Gasteiger partial charge on any atom is 0.235 e. The van der Waals surface area contributed by atoms with E-state index in [1.54, 1.807) is 0 Å². The average Bonchev–Trinajstić information content (AvgIpc) is 3.46. The van der Waals surface area contributed by atoms with Crippen LogP contribution in [0.1, 0.15) is 34.4 Å². The number of amides is 1. The lowest BCUT2D eigenvalue weighted by molar-refractivity contribution is -0.113. The summed E-state index contributed by atoms with van der Waals surface area (Å²) in [5.41, 5.74) is 1.72. The largest absolute Gasteiger partial charge is 0.485 e. The summed E-state index contributed by atoms with van der Waals surface area (Å²) in [7, 11) is 1.84. The van der Waals surface area contributed by atoms with Gasteiger partial charge in [-0.3, -0.25) is 4.79 Å². The minimum atomic E-state index is -0.373. The second-order valence-electron chi connectivity index (χ2n) is 7.27. The summed E-state index contributed by atoms with van der Waals surface area (Å²) in [6, 6.07) is 9.75. The highest BCUT2D eigenvalue weighted by Gasteiger charge is 2.28. The monoisotopic (exact) mass is 453 g/mol. The third kappa shape index (κ3) is 3.75. The van der Waals surface area contributed by atoms with Crippen LogP contribution in [0.3, 0.4) is 0 Å². The van der Waals surface area contributed by atoms with E-state index in [-0.39, 0.29) is 17.8 Å². The number of nitrogens with one attached hydrogen (secondary N) is 1. The van der Waals surface area contributed by atoms with Crippen molar-refractivity contribution >= 4 is 34.0 Å². The number of hydrogen-bond donors (Lipinski definition) is 1. The molecule has 10 heteroatoms. The molecule has 3 heterocycles. The number of ether oxygens (including phenoxy) is 2. The van der Waals surface area contributed by atoms with Crippen molar-refractivity contribution in [3.8, 4) is 17.6 Å². The first-order valence-corrected chi connectivity index (χ1v) is 11.7. The number of hydrogen-bond acceptors (Lipinski definition) is 8. The van der Waals surface area contributed by atoms with E-state index in [0.29, 0.717) is 39.7 Å². The normalized spacial score (nSPS) is 16.6. The number of fused-ring (bicyclic) bond motifs is 2. The molecule has 1 aromatic carbocycles. The Balaban J connectivity index is 1.23. The summed E-state index contributed by atoms with van der Waals surface area (Å²) in [6.07, 6.45) is 2.61. The number of thiophene rings is 1. The molecule has 3 aromatic rings. The quantitative estimate of drug-likeness (QED) is 0.590. The van der Waals surface area contributed by atoms with Crippen LogP contribution in [0.15, 0.2) is 29.4 Å². The first-order chi connectivity index (χ1) is 15.1. The summed E-state index contributed by atoms with van der Waals surface area (Å²) in [5, 5.41) is 22.1. The van der Waals surface area contributed by atoms with E-state index >= 15 is 0 Å². The zero-order chi connectivity index (χ0) is 21.4. The fraction of sp³-hybridized carbons (Fsp3) is 0.333. The van der Waals surface area contributed by atoms with Crippen LogP contribution in [-0.2, 0) is 24.7 Å². The molecule has 1 aliphatic carbocycles. The van der Waals surface area contributed by atoms with Gasteiger partial charge in [0.05, 0.1) is 11.3 Å². The molecule has 2 aliphatic rings. The van der Waals surface area contributed by atoms with Crippen molar-refractivity contribution in [2.45, 2.75) is 30.5 Å². The Kier molecular flexibility index (Phi) is 5.29. The van der Waals surface area contributed by atoms with Gasteiger partial charge in [-0.1, -0.05) is 23.9 Å². The number of benzene rings is 1. The van der Waals surface area contributed by atoms with E-state index in [4.69, 9.17) is 9.47 Å². The lowest BCUT2D eigenvalue weighted by Gasteiger charge is -2.25. The highest BCUT2D eigenvalue weighted by molar-refractivity contribution is 7.99. The van der Waals surface area contributed by atoms with Crippen molar-refractivity contribution in [2.24, 2.45) is 7.05 Å². The molecule has 8 nitrogen and oxygen atoms in total. The molecular formula is C21H19N5O3S2. The minimum absolute atomic E-state index is 0.169. The molecule has 158 valence electrons. The molecule has 1 aliphatic heterocycles. The van der Waals surface area contributed by atoms with Crippen molar-refractivity contribution in [1.29, 1.82) is 5.26 Å². The van der Waals surface area contributed by atoms with Gasteiger partial charge < -0.3 is 19.4 Å². The second-order valence-corrected chi connectivity index (χ2v) is 9.32. The molecule has 0 fully saturated rings. The van der Waals surface area contributed by atoms with E-state index < -0.39 is 0 Å². The Morgan fingerprint density at radius 3 is 3.03 bits per heavy atom. The first-order valence-electron chi connectivity index (χ1n) is 9.89. The van der Waals surface area contributed by atoms with Gasteiger partial charge in [-0.2, -0.15) is 5.26 Å². The summed E-state index contributed by atoms with van der Waals surface area (Å²) in [4.78, 5) is 13.7. The van der Waals surface area contributed by atoms with Crippen molar-refractivity contribution < 1.29 is 14.3 Å². The van der Waals surface area contributed by atoms with Crippen LogP contribution in [0.4, 0.5) is 5.00 Å². The lowest BCUT2D eigenvalue weighted by atomic mass is 10.1. The molecule has 0 saturated carbocycles. The molecule has 1 atom stereocenters. The molecule has 0 spiro atoms. The van der Waals surface area contributed by atoms with E-state index in [2.05, 4.69) is 21.6 Å². The number of carbonyl (C=O) groups excluding carboxylic acids is 1. The van der Waals surface area contributed by atoms with E-state index in [1.807, 2.05) is 35.9 Å². The van der Waals surface area contributed by atoms with Crippen molar-refractivity contribution in [3.05, 3.63) is 46.1 Å². The molecular weight excluding hydrogens is 434 g/mol. The minimum Gasteiger partial charge on any atom is -0.485 e. The highest BCUT2D eigenvalue weighted by Crippen LogP contribution is 2.39. The Morgan fingerprint density at radius 1 is 1.35 bits per heavy atom. The summed E-state index contributed by atoms with van der Waals surface area (Å²) in [6.45, 7) is 0.341. The number of carbonyl (C=O) groups is 1. The Bertz CT molecular complexity index is 1200. The van der Waals surface area contributed by atoms with Gasteiger partial charge in [0.2, 0.25) is 5.91 Å². The molecule has 0 unspecified atom stereocenters. The van der Waals surface area contributed by atoms with Crippen LogP contribution < -0.4 is 14.8 Å². The van der Waals surface area contributed by atoms with Gasteiger partial charge in [0.1, 0.15) is 17.7 Å². The summed E-state index contributed by atoms with van der Waals surface area (Å²) in [5.74, 6) is 2.02. The molecule has 0 radical (unpaired) electrons. The number of thioether (sulfide) groups is 1. The number of aryl methyl sites for hydroxylation is 1. The Morgan fingerprint density at radius 2 is 2.19 bits per heavy atom. The summed E-state index contributed by atoms with van der Waals surface area (Å²) >= 11 is 2.81. The van der Waals surface area contributed by atoms with Crippen molar-refractivity contribution in [2.75, 3.05) is 17.7 Å². The zero-order valence-electron chi connectivity index (χ0n) is 16.8. The van der Waals surface area contributed by atoms with Gasteiger partial charge in [-0.15, -0.1) is 21.5 Å². The molecule has 2 aromatic heterocycles. The van der Waals surface area contributed by atoms with Crippen LogP contribution in [0.25, 0.3) is 0 Å². The Labute approximate surface area is 187 Å². The molecule has 0 saturated heterocycles. The third-order valence-corrected chi connectivity index (χ3v) is 7.51. The smallest absolute Gasteiger partial charge is 0.235 e. The second kappa shape index (κ2) is 8.24. The van der Waals surface area contributed by atoms with Crippen molar-refractivity contribution in [1.82, 2.24) is 14.8 Å². The standard InChI is InChI=1S/C21H19N5O3S2/c1-26-19(16-10-28-14-6-2-3-7-15(14)29-16)24-25-21(26)30-11-18(27)23-20-13(9-22)12-5-4-8-17(12)31-20/h2-3,6-7,16H,4-5,8,10-11H2,1H3,(H,23,27)/t16-/m1/s1. The number of anilines is 1. The van der Waals surface area contributed by atoms with E-state index in [9.17, 15) is 10.1 Å². The number of nitrogens with zero attached hydrogens (tertiary/aromatic N) is 4. The predicted octanol–water partition coefficient (Wildman–Crippen LogP) is 3.48. The van der Waals surface area contributed by atoms with Gasteiger partial charge in [0, 0.05) is 11.9 Å². The predicted molar refractivity (Wildman–Crippen MR) is 117 cm³/mol. The fourth-order valence-corrected chi connectivity index (χ4v) is 5.76. The van der Waals surface area contributed by atoms with Gasteiger partial charge >= 0.3 is 0 Å². The summed E-state index contributed by atoms with van der Waals surface area (Å²) < 4.78 is 13.6.